The molecule has 0 atom stereocenters. The summed E-state index contributed by atoms with van der Waals surface area (Å²) in [6.45, 7) is 2.69. The largest absolute Gasteiger partial charge is 0.352 e. The Bertz CT molecular complexity index is 823. The van der Waals surface area contributed by atoms with Gasteiger partial charge in [-0.3, -0.25) is 4.79 Å². The van der Waals surface area contributed by atoms with Gasteiger partial charge in [0.1, 0.15) is 11.4 Å². The van der Waals surface area contributed by atoms with Crippen molar-refractivity contribution in [2.75, 3.05) is 6.54 Å². The zero-order valence-electron chi connectivity index (χ0n) is 13.4. The Labute approximate surface area is 139 Å². The third kappa shape index (κ3) is 3.22. The van der Waals surface area contributed by atoms with Gasteiger partial charge in [0, 0.05) is 18.9 Å². The second-order valence-corrected chi connectivity index (χ2v) is 5.47. The number of aromatic nitrogens is 3. The minimum atomic E-state index is -0.351. The van der Waals surface area contributed by atoms with Crippen LogP contribution < -0.4 is 5.32 Å². The molecule has 0 radical (unpaired) electrons. The van der Waals surface area contributed by atoms with Gasteiger partial charge in [0.2, 0.25) is 0 Å². The van der Waals surface area contributed by atoms with Crippen LogP contribution in [0.25, 0.3) is 11.5 Å². The summed E-state index contributed by atoms with van der Waals surface area (Å²) < 4.78 is 16.9. The first kappa shape index (κ1) is 16.0. The summed E-state index contributed by atoms with van der Waals surface area (Å²) in [5.41, 5.74) is 1.01. The Balaban J connectivity index is 2.03. The van der Waals surface area contributed by atoms with Gasteiger partial charge in [-0.05, 0) is 36.8 Å². The Morgan fingerprint density at radius 3 is 2.75 bits per heavy atom. The number of amides is 1. The Morgan fingerprint density at radius 2 is 2.04 bits per heavy atom. The predicted molar refractivity (Wildman–Crippen MR) is 90.1 cm³/mol. The molecule has 0 fully saturated rings. The van der Waals surface area contributed by atoms with E-state index in [1.807, 2.05) is 24.5 Å². The molecule has 1 amide bonds. The van der Waals surface area contributed by atoms with Crippen molar-refractivity contribution >= 4 is 5.91 Å². The fourth-order valence-electron chi connectivity index (χ4n) is 2.50. The van der Waals surface area contributed by atoms with Crippen LogP contribution in [0, 0.1) is 5.82 Å². The molecule has 2 heterocycles. The number of hydrogen-bond acceptors (Lipinski definition) is 2. The van der Waals surface area contributed by atoms with E-state index in [-0.39, 0.29) is 11.7 Å². The maximum atomic E-state index is 13.6. The minimum Gasteiger partial charge on any atom is -0.352 e. The fourth-order valence-corrected chi connectivity index (χ4v) is 2.50. The average molecular weight is 326 g/mol. The van der Waals surface area contributed by atoms with Gasteiger partial charge in [-0.15, -0.1) is 0 Å². The maximum absolute atomic E-state index is 13.6. The molecule has 0 aliphatic carbocycles. The molecule has 0 unspecified atom stereocenters. The predicted octanol–water partition coefficient (Wildman–Crippen LogP) is 3.33. The first-order chi connectivity index (χ1) is 11.7. The van der Waals surface area contributed by atoms with Crippen molar-refractivity contribution in [3.8, 4) is 11.5 Å². The molecule has 0 bridgehead atoms. The smallest absolute Gasteiger partial charge is 0.256 e. The zero-order chi connectivity index (χ0) is 16.9. The van der Waals surface area contributed by atoms with Crippen molar-refractivity contribution in [2.45, 2.75) is 19.8 Å². The van der Waals surface area contributed by atoms with Gasteiger partial charge >= 0.3 is 0 Å². The number of rotatable bonds is 6. The summed E-state index contributed by atoms with van der Waals surface area (Å²) in [5.74, 6) is 0.0461. The zero-order valence-corrected chi connectivity index (χ0v) is 13.4. The van der Waals surface area contributed by atoms with Gasteiger partial charge in [0.25, 0.3) is 5.91 Å². The highest BCUT2D eigenvalue weighted by molar-refractivity contribution is 5.97. The van der Waals surface area contributed by atoms with Crippen molar-refractivity contribution in [1.29, 1.82) is 0 Å². The molecule has 6 heteroatoms. The van der Waals surface area contributed by atoms with Gasteiger partial charge < -0.3 is 9.88 Å². The SMILES string of the molecule is CCCCNC(=O)c1cnn(-c2cccc(F)c2)c1-n1cccc1. The number of halogens is 1. The molecule has 3 rings (SSSR count). The van der Waals surface area contributed by atoms with Crippen molar-refractivity contribution < 1.29 is 9.18 Å². The maximum Gasteiger partial charge on any atom is 0.256 e. The number of benzene rings is 1. The Morgan fingerprint density at radius 1 is 1.25 bits per heavy atom. The summed E-state index contributed by atoms with van der Waals surface area (Å²) in [4.78, 5) is 12.5. The number of carbonyl (C=O) groups excluding carboxylic acids is 1. The molecule has 1 aromatic carbocycles. The van der Waals surface area contributed by atoms with E-state index >= 15 is 0 Å². The monoisotopic (exact) mass is 326 g/mol. The summed E-state index contributed by atoms with van der Waals surface area (Å²) in [6.07, 6.45) is 7.10. The molecule has 24 heavy (non-hydrogen) atoms. The van der Waals surface area contributed by atoms with E-state index in [4.69, 9.17) is 0 Å². The van der Waals surface area contributed by atoms with Crippen LogP contribution in [-0.2, 0) is 0 Å². The molecule has 0 aliphatic heterocycles. The molecule has 0 saturated carbocycles. The lowest BCUT2D eigenvalue weighted by molar-refractivity contribution is 0.0953. The van der Waals surface area contributed by atoms with Crippen LogP contribution in [-0.4, -0.2) is 26.8 Å². The van der Waals surface area contributed by atoms with E-state index in [1.54, 1.807) is 21.4 Å². The van der Waals surface area contributed by atoms with Gasteiger partial charge in [0.05, 0.1) is 11.9 Å². The number of nitrogens with one attached hydrogen (secondary N) is 1. The molecule has 5 nitrogen and oxygen atoms in total. The van der Waals surface area contributed by atoms with Crippen LogP contribution in [0.4, 0.5) is 4.39 Å². The van der Waals surface area contributed by atoms with Crippen LogP contribution in [0.15, 0.2) is 55.0 Å². The Hall–Kier alpha value is -2.89. The molecule has 3 aromatic rings. The number of nitrogens with zero attached hydrogens (tertiary/aromatic N) is 3. The average Bonchev–Trinajstić information content (AvgIpc) is 3.24. The van der Waals surface area contributed by atoms with E-state index in [9.17, 15) is 9.18 Å². The third-order valence-corrected chi connectivity index (χ3v) is 3.71. The molecular formula is C18H19FN4O. The number of carbonyl (C=O) groups is 1. The number of hydrogen-bond donors (Lipinski definition) is 1. The van der Waals surface area contributed by atoms with Crippen LogP contribution in [0.2, 0.25) is 0 Å². The van der Waals surface area contributed by atoms with Crippen molar-refractivity contribution in [3.05, 3.63) is 66.4 Å². The van der Waals surface area contributed by atoms with E-state index in [0.717, 1.165) is 12.8 Å². The minimum absolute atomic E-state index is 0.185. The summed E-state index contributed by atoms with van der Waals surface area (Å²) >= 11 is 0. The van der Waals surface area contributed by atoms with Gasteiger partial charge in [-0.25, -0.2) is 9.07 Å². The molecule has 2 aromatic heterocycles. The first-order valence-electron chi connectivity index (χ1n) is 7.96. The standard InChI is InChI=1S/C18H19FN4O/c1-2-3-9-20-17(24)16-13-21-23(15-8-6-7-14(19)12-15)18(16)22-10-4-5-11-22/h4-8,10-13H,2-3,9H2,1H3,(H,20,24). The molecular weight excluding hydrogens is 307 g/mol. The van der Waals surface area contributed by atoms with E-state index in [2.05, 4.69) is 17.3 Å². The fraction of sp³-hybridized carbons (Fsp3) is 0.222. The van der Waals surface area contributed by atoms with Crippen LogP contribution in [0.5, 0.6) is 0 Å². The quantitative estimate of drug-likeness (QED) is 0.706. The lowest BCUT2D eigenvalue weighted by atomic mass is 10.2. The Kier molecular flexibility index (Phi) is 4.74. The highest BCUT2D eigenvalue weighted by Gasteiger charge is 2.19. The van der Waals surface area contributed by atoms with Crippen LogP contribution >= 0.6 is 0 Å². The first-order valence-corrected chi connectivity index (χ1v) is 7.96. The van der Waals surface area contributed by atoms with Crippen LogP contribution in [0.3, 0.4) is 0 Å². The lowest BCUT2D eigenvalue weighted by Crippen LogP contribution is -2.25. The third-order valence-electron chi connectivity index (χ3n) is 3.71. The second kappa shape index (κ2) is 7.12. The topological polar surface area (TPSA) is 51.9 Å². The summed E-state index contributed by atoms with van der Waals surface area (Å²) in [7, 11) is 0. The summed E-state index contributed by atoms with van der Waals surface area (Å²) in [6, 6.07) is 9.86. The molecule has 124 valence electrons. The van der Waals surface area contributed by atoms with Gasteiger partial charge in [-0.1, -0.05) is 19.4 Å². The highest BCUT2D eigenvalue weighted by atomic mass is 19.1. The molecule has 1 N–H and O–H groups in total. The van der Waals surface area contributed by atoms with Crippen molar-refractivity contribution in [2.24, 2.45) is 0 Å². The summed E-state index contributed by atoms with van der Waals surface area (Å²) in [5, 5.41) is 7.20. The highest BCUT2D eigenvalue weighted by Crippen LogP contribution is 2.20. The van der Waals surface area contributed by atoms with E-state index in [0.29, 0.717) is 23.6 Å². The molecule has 0 aliphatic rings. The lowest BCUT2D eigenvalue weighted by Gasteiger charge is -2.11. The van der Waals surface area contributed by atoms with Crippen molar-refractivity contribution in [1.82, 2.24) is 19.7 Å². The molecule has 0 saturated heterocycles. The van der Waals surface area contributed by atoms with Gasteiger partial charge in [-0.2, -0.15) is 5.10 Å². The van der Waals surface area contributed by atoms with Crippen LogP contribution in [0.1, 0.15) is 30.1 Å². The van der Waals surface area contributed by atoms with Gasteiger partial charge in [0.15, 0.2) is 5.82 Å². The molecule has 0 spiro atoms. The van der Waals surface area contributed by atoms with E-state index < -0.39 is 0 Å². The van der Waals surface area contributed by atoms with E-state index in [1.165, 1.54) is 18.3 Å². The number of unbranched alkanes of at least 4 members (excludes halogenated alkanes) is 1. The normalized spacial score (nSPS) is 10.8. The second-order valence-electron chi connectivity index (χ2n) is 5.47. The van der Waals surface area contributed by atoms with Crippen molar-refractivity contribution in [3.63, 3.8) is 0 Å².